The number of nitrogens with two attached hydrogens (primary N) is 1. The number of rotatable bonds is 2. The normalized spacial score (nSPS) is 21.1. The van der Waals surface area contributed by atoms with Gasteiger partial charge in [-0.05, 0) is 31.0 Å². The highest BCUT2D eigenvalue weighted by molar-refractivity contribution is 9.10. The van der Waals surface area contributed by atoms with E-state index in [0.717, 1.165) is 12.8 Å². The number of benzene rings is 1. The molecule has 0 radical (unpaired) electrons. The van der Waals surface area contributed by atoms with E-state index >= 15 is 0 Å². The fraction of sp³-hybridized carbons (Fsp3) is 0.364. The molecule has 0 aliphatic carbocycles. The van der Waals surface area contributed by atoms with Gasteiger partial charge in [0.1, 0.15) is 0 Å². The fourth-order valence-electron chi connectivity index (χ4n) is 1.92. The molecule has 5 nitrogen and oxygen atoms in total. The molecule has 1 aromatic carbocycles. The van der Waals surface area contributed by atoms with Crippen LogP contribution in [-0.2, 0) is 14.8 Å². The first-order valence-corrected chi connectivity index (χ1v) is 7.94. The standard InChI is InChI=1S/C11H13BrN2O3S/c12-10-5-2-6-14(11(10)15)8-3-1-4-9(7-8)18(13,16)17/h1,3-4,7,10H,2,5-6H2,(H2,13,16,17). The Kier molecular flexibility index (Phi) is 3.74. The van der Waals surface area contributed by atoms with Gasteiger partial charge in [0.2, 0.25) is 15.9 Å². The average molecular weight is 333 g/mol. The Balaban J connectivity index is 2.37. The maximum atomic E-state index is 12.0. The monoisotopic (exact) mass is 332 g/mol. The van der Waals surface area contributed by atoms with Gasteiger partial charge in [-0.25, -0.2) is 13.6 Å². The number of amides is 1. The van der Waals surface area contributed by atoms with Gasteiger partial charge in [0.25, 0.3) is 0 Å². The largest absolute Gasteiger partial charge is 0.311 e. The van der Waals surface area contributed by atoms with Crippen LogP contribution >= 0.6 is 15.9 Å². The minimum atomic E-state index is -3.74. The lowest BCUT2D eigenvalue weighted by molar-refractivity contribution is -0.118. The Labute approximate surface area is 114 Å². The molecule has 2 rings (SSSR count). The van der Waals surface area contributed by atoms with Crippen molar-refractivity contribution in [1.82, 2.24) is 0 Å². The first-order valence-electron chi connectivity index (χ1n) is 5.48. The van der Waals surface area contributed by atoms with Crippen LogP contribution in [0.1, 0.15) is 12.8 Å². The molecule has 2 N–H and O–H groups in total. The Morgan fingerprint density at radius 2 is 2.11 bits per heavy atom. The molecule has 0 spiro atoms. The van der Waals surface area contributed by atoms with Crippen molar-refractivity contribution in [3.05, 3.63) is 24.3 Å². The molecule has 1 fully saturated rings. The first-order chi connectivity index (χ1) is 8.39. The van der Waals surface area contributed by atoms with Crippen molar-refractivity contribution in [2.24, 2.45) is 5.14 Å². The fourth-order valence-corrected chi connectivity index (χ4v) is 3.04. The third-order valence-corrected chi connectivity index (χ3v) is 4.59. The van der Waals surface area contributed by atoms with Gasteiger partial charge in [-0.15, -0.1) is 0 Å². The molecular weight excluding hydrogens is 320 g/mol. The Hall–Kier alpha value is -0.920. The summed E-state index contributed by atoms with van der Waals surface area (Å²) < 4.78 is 22.6. The second kappa shape index (κ2) is 4.99. The van der Waals surface area contributed by atoms with Gasteiger partial charge in [0.15, 0.2) is 0 Å². The summed E-state index contributed by atoms with van der Waals surface area (Å²) in [6.45, 7) is 0.592. The zero-order chi connectivity index (χ0) is 13.3. The van der Waals surface area contributed by atoms with Crippen LogP contribution in [0.15, 0.2) is 29.2 Å². The van der Waals surface area contributed by atoms with Crippen LogP contribution in [0.4, 0.5) is 5.69 Å². The Morgan fingerprint density at radius 1 is 1.39 bits per heavy atom. The number of hydrogen-bond acceptors (Lipinski definition) is 3. The SMILES string of the molecule is NS(=O)(=O)c1cccc(N2CCCC(Br)C2=O)c1. The molecule has 0 aromatic heterocycles. The number of carbonyl (C=O) groups is 1. The highest BCUT2D eigenvalue weighted by atomic mass is 79.9. The van der Waals surface area contributed by atoms with Gasteiger partial charge >= 0.3 is 0 Å². The van der Waals surface area contributed by atoms with Crippen LogP contribution < -0.4 is 10.0 Å². The highest BCUT2D eigenvalue weighted by Crippen LogP contribution is 2.26. The Bertz CT molecular complexity index is 573. The lowest BCUT2D eigenvalue weighted by Gasteiger charge is -2.30. The minimum absolute atomic E-state index is 0.0181. The van der Waals surface area contributed by atoms with E-state index < -0.39 is 10.0 Å². The highest BCUT2D eigenvalue weighted by Gasteiger charge is 2.27. The second-order valence-corrected chi connectivity index (χ2v) is 6.81. The van der Waals surface area contributed by atoms with Crippen molar-refractivity contribution < 1.29 is 13.2 Å². The average Bonchev–Trinajstić information content (AvgIpc) is 2.32. The maximum Gasteiger partial charge on any atom is 0.240 e. The van der Waals surface area contributed by atoms with Crippen molar-refractivity contribution in [3.8, 4) is 0 Å². The van der Waals surface area contributed by atoms with E-state index in [1.54, 1.807) is 17.0 Å². The van der Waals surface area contributed by atoms with Gasteiger partial charge < -0.3 is 4.90 Å². The molecule has 1 unspecified atom stereocenters. The van der Waals surface area contributed by atoms with E-state index in [-0.39, 0.29) is 15.6 Å². The molecule has 1 atom stereocenters. The summed E-state index contributed by atoms with van der Waals surface area (Å²) in [5.74, 6) is -0.0483. The quantitative estimate of drug-likeness (QED) is 0.827. The molecule has 1 aliphatic rings. The van der Waals surface area contributed by atoms with E-state index in [1.807, 2.05) is 0 Å². The summed E-state index contributed by atoms with van der Waals surface area (Å²) in [4.78, 5) is 13.4. The van der Waals surface area contributed by atoms with Crippen LogP contribution in [0.2, 0.25) is 0 Å². The van der Waals surface area contributed by atoms with Gasteiger partial charge in [-0.3, -0.25) is 4.79 Å². The number of hydrogen-bond donors (Lipinski definition) is 1. The van der Waals surface area contributed by atoms with Gasteiger partial charge in [0, 0.05) is 12.2 Å². The van der Waals surface area contributed by atoms with Crippen molar-refractivity contribution >= 4 is 37.5 Å². The van der Waals surface area contributed by atoms with Crippen LogP contribution in [-0.4, -0.2) is 25.7 Å². The van der Waals surface area contributed by atoms with Crippen molar-refractivity contribution in [3.63, 3.8) is 0 Å². The molecule has 7 heteroatoms. The molecule has 18 heavy (non-hydrogen) atoms. The maximum absolute atomic E-state index is 12.0. The van der Waals surface area contributed by atoms with Gasteiger partial charge in [-0.2, -0.15) is 0 Å². The summed E-state index contributed by atoms with van der Waals surface area (Å²) in [5.41, 5.74) is 0.565. The number of sulfonamides is 1. The molecule has 0 saturated carbocycles. The summed E-state index contributed by atoms with van der Waals surface area (Å²) >= 11 is 3.32. The third kappa shape index (κ3) is 2.73. The molecule has 1 amide bonds. The predicted octanol–water partition coefficient (Wildman–Crippen LogP) is 1.22. The summed E-state index contributed by atoms with van der Waals surface area (Å²) in [6.07, 6.45) is 1.67. The summed E-state index contributed by atoms with van der Waals surface area (Å²) in [7, 11) is -3.74. The molecular formula is C11H13BrN2O3S. The van der Waals surface area contributed by atoms with Crippen LogP contribution in [0.5, 0.6) is 0 Å². The van der Waals surface area contributed by atoms with Crippen molar-refractivity contribution in [1.29, 1.82) is 0 Å². The van der Waals surface area contributed by atoms with Crippen LogP contribution in [0.3, 0.4) is 0 Å². The summed E-state index contributed by atoms with van der Waals surface area (Å²) in [6, 6.07) is 6.13. The second-order valence-electron chi connectivity index (χ2n) is 4.14. The molecule has 1 saturated heterocycles. The molecule has 1 aliphatic heterocycles. The lowest BCUT2D eigenvalue weighted by atomic mass is 10.1. The lowest BCUT2D eigenvalue weighted by Crippen LogP contribution is -2.41. The number of carbonyl (C=O) groups excluding carboxylic acids is 1. The zero-order valence-electron chi connectivity index (χ0n) is 9.54. The predicted molar refractivity (Wildman–Crippen MR) is 72.1 cm³/mol. The van der Waals surface area contributed by atoms with Gasteiger partial charge in [0.05, 0.1) is 9.72 Å². The van der Waals surface area contributed by atoms with E-state index in [9.17, 15) is 13.2 Å². The van der Waals surface area contributed by atoms with Crippen molar-refractivity contribution in [2.45, 2.75) is 22.6 Å². The zero-order valence-corrected chi connectivity index (χ0v) is 11.9. The van der Waals surface area contributed by atoms with E-state index in [2.05, 4.69) is 15.9 Å². The minimum Gasteiger partial charge on any atom is -0.311 e. The van der Waals surface area contributed by atoms with E-state index in [1.165, 1.54) is 12.1 Å². The number of piperidine rings is 1. The van der Waals surface area contributed by atoms with Crippen molar-refractivity contribution in [2.75, 3.05) is 11.4 Å². The first kappa shape index (κ1) is 13.5. The van der Waals surface area contributed by atoms with E-state index in [0.29, 0.717) is 12.2 Å². The number of alkyl halides is 1. The smallest absolute Gasteiger partial charge is 0.240 e. The number of nitrogens with zero attached hydrogens (tertiary/aromatic N) is 1. The Morgan fingerprint density at radius 3 is 2.78 bits per heavy atom. The van der Waals surface area contributed by atoms with Crippen LogP contribution in [0.25, 0.3) is 0 Å². The third-order valence-electron chi connectivity index (χ3n) is 2.83. The van der Waals surface area contributed by atoms with Gasteiger partial charge in [-0.1, -0.05) is 22.0 Å². The molecule has 1 aromatic rings. The molecule has 1 heterocycles. The molecule has 0 bridgehead atoms. The van der Waals surface area contributed by atoms with Crippen LogP contribution in [0, 0.1) is 0 Å². The number of halogens is 1. The summed E-state index contributed by atoms with van der Waals surface area (Å²) in [5, 5.41) is 5.08. The molecule has 98 valence electrons. The topological polar surface area (TPSA) is 80.5 Å². The van der Waals surface area contributed by atoms with E-state index in [4.69, 9.17) is 5.14 Å². The number of anilines is 1. The number of primary sulfonamides is 1.